The van der Waals surface area contributed by atoms with E-state index in [2.05, 4.69) is 19.5 Å². The molecular weight excluding hydrogens is 192 g/mol. The van der Waals surface area contributed by atoms with Crippen LogP contribution in [0.5, 0.6) is 0 Å². The average molecular weight is 200 g/mol. The van der Waals surface area contributed by atoms with Gasteiger partial charge in [-0.05, 0) is 0 Å². The first-order valence-corrected chi connectivity index (χ1v) is 3.41. The van der Waals surface area contributed by atoms with Crippen molar-refractivity contribution in [3.8, 4) is 6.07 Å². The molecule has 76 valence electrons. The zero-order valence-corrected chi connectivity index (χ0v) is 7.64. The van der Waals surface area contributed by atoms with Gasteiger partial charge < -0.3 is 14.3 Å². The Morgan fingerprint density at radius 3 is 2.14 bits per heavy atom. The SMILES string of the molecule is COC(=O)C(=NOCC#N)C(=O)OC. The molecule has 0 aromatic carbocycles. The van der Waals surface area contributed by atoms with Crippen molar-refractivity contribution < 1.29 is 23.9 Å². The van der Waals surface area contributed by atoms with E-state index >= 15 is 0 Å². The zero-order valence-electron chi connectivity index (χ0n) is 7.64. The Labute approximate surface area is 79.8 Å². The van der Waals surface area contributed by atoms with E-state index in [1.807, 2.05) is 0 Å². The predicted molar refractivity (Wildman–Crippen MR) is 43.0 cm³/mol. The van der Waals surface area contributed by atoms with E-state index in [4.69, 9.17) is 5.26 Å². The van der Waals surface area contributed by atoms with Gasteiger partial charge in [0.05, 0.1) is 14.2 Å². The number of hydrogen-bond acceptors (Lipinski definition) is 7. The number of methoxy groups -OCH3 is 2. The van der Waals surface area contributed by atoms with E-state index in [1.54, 1.807) is 6.07 Å². The fourth-order valence-electron chi connectivity index (χ4n) is 0.477. The smallest absolute Gasteiger partial charge is 0.367 e. The van der Waals surface area contributed by atoms with Gasteiger partial charge in [0, 0.05) is 0 Å². The van der Waals surface area contributed by atoms with Gasteiger partial charge in [-0.3, -0.25) is 0 Å². The molecule has 0 saturated carbocycles. The number of oxime groups is 1. The monoisotopic (exact) mass is 200 g/mol. The second kappa shape index (κ2) is 6.42. The van der Waals surface area contributed by atoms with Gasteiger partial charge >= 0.3 is 11.9 Å². The molecule has 0 aliphatic heterocycles. The van der Waals surface area contributed by atoms with Gasteiger partial charge in [0.1, 0.15) is 6.07 Å². The van der Waals surface area contributed by atoms with Crippen LogP contribution in [0.2, 0.25) is 0 Å². The molecule has 0 heterocycles. The molecule has 0 rings (SSSR count). The lowest BCUT2D eigenvalue weighted by molar-refractivity contribution is -0.138. The summed E-state index contributed by atoms with van der Waals surface area (Å²) in [5.41, 5.74) is -0.648. The molecule has 0 amide bonds. The van der Waals surface area contributed by atoms with Crippen molar-refractivity contribution in [2.75, 3.05) is 20.8 Å². The van der Waals surface area contributed by atoms with E-state index in [1.165, 1.54) is 0 Å². The molecule has 0 radical (unpaired) electrons. The Morgan fingerprint density at radius 2 is 1.79 bits per heavy atom. The maximum atomic E-state index is 10.9. The minimum Gasteiger partial charge on any atom is -0.464 e. The summed E-state index contributed by atoms with van der Waals surface area (Å²) in [6.45, 7) is -0.377. The summed E-state index contributed by atoms with van der Waals surface area (Å²) in [4.78, 5) is 26.1. The predicted octanol–water partition coefficient (Wildman–Crippen LogP) is -0.771. The number of nitrogens with zero attached hydrogens (tertiary/aromatic N) is 2. The Kier molecular flexibility index (Phi) is 5.46. The van der Waals surface area contributed by atoms with Crippen LogP contribution in [0.25, 0.3) is 0 Å². The number of hydrogen-bond donors (Lipinski definition) is 0. The maximum absolute atomic E-state index is 10.9. The third-order valence-electron chi connectivity index (χ3n) is 1.04. The van der Waals surface area contributed by atoms with Gasteiger partial charge in [0.2, 0.25) is 6.61 Å². The minimum absolute atomic E-state index is 0.377. The van der Waals surface area contributed by atoms with Crippen molar-refractivity contribution in [1.82, 2.24) is 0 Å². The molecule has 0 bridgehead atoms. The summed E-state index contributed by atoms with van der Waals surface area (Å²) in [6, 6.07) is 1.60. The van der Waals surface area contributed by atoms with Crippen molar-refractivity contribution in [1.29, 1.82) is 5.26 Å². The van der Waals surface area contributed by atoms with Crippen molar-refractivity contribution in [3.05, 3.63) is 0 Å². The van der Waals surface area contributed by atoms with Crippen molar-refractivity contribution >= 4 is 17.7 Å². The zero-order chi connectivity index (χ0) is 11.0. The first-order valence-electron chi connectivity index (χ1n) is 3.41. The highest BCUT2D eigenvalue weighted by molar-refractivity contribution is 6.62. The van der Waals surface area contributed by atoms with Gasteiger partial charge in [-0.2, -0.15) is 5.26 Å². The number of carbonyl (C=O) groups excluding carboxylic acids is 2. The molecule has 0 aromatic rings. The summed E-state index contributed by atoms with van der Waals surface area (Å²) < 4.78 is 8.47. The van der Waals surface area contributed by atoms with Crippen LogP contribution in [0.4, 0.5) is 0 Å². The van der Waals surface area contributed by atoms with Gasteiger partial charge in [0.25, 0.3) is 5.71 Å². The number of rotatable bonds is 4. The van der Waals surface area contributed by atoms with Crippen molar-refractivity contribution in [3.63, 3.8) is 0 Å². The van der Waals surface area contributed by atoms with Crippen molar-refractivity contribution in [2.24, 2.45) is 5.16 Å². The van der Waals surface area contributed by atoms with Crippen LogP contribution in [0.15, 0.2) is 5.16 Å². The van der Waals surface area contributed by atoms with Crippen LogP contribution in [-0.4, -0.2) is 38.5 Å². The summed E-state index contributed by atoms with van der Waals surface area (Å²) in [6.07, 6.45) is 0. The van der Waals surface area contributed by atoms with E-state index in [-0.39, 0.29) is 6.61 Å². The van der Waals surface area contributed by atoms with Crippen LogP contribution in [-0.2, 0) is 23.9 Å². The van der Waals surface area contributed by atoms with E-state index in [0.29, 0.717) is 0 Å². The van der Waals surface area contributed by atoms with E-state index < -0.39 is 17.7 Å². The van der Waals surface area contributed by atoms with Crippen LogP contribution >= 0.6 is 0 Å². The van der Waals surface area contributed by atoms with Crippen LogP contribution in [0.1, 0.15) is 0 Å². The van der Waals surface area contributed by atoms with E-state index in [9.17, 15) is 9.59 Å². The molecule has 0 fully saturated rings. The van der Waals surface area contributed by atoms with Gasteiger partial charge in [-0.25, -0.2) is 9.59 Å². The molecule has 0 N–H and O–H groups in total. The molecule has 0 aliphatic rings. The quantitative estimate of drug-likeness (QED) is 0.194. The molecule has 0 aromatic heterocycles. The second-order valence-electron chi connectivity index (χ2n) is 1.85. The van der Waals surface area contributed by atoms with Crippen LogP contribution in [0.3, 0.4) is 0 Å². The fourth-order valence-corrected chi connectivity index (χ4v) is 0.477. The van der Waals surface area contributed by atoms with Gasteiger partial charge in [-0.15, -0.1) is 0 Å². The fraction of sp³-hybridized carbons (Fsp3) is 0.429. The molecule has 7 nitrogen and oxygen atoms in total. The standard InChI is InChI=1S/C7H8N2O5/c1-12-6(10)5(7(11)13-2)9-14-4-3-8/h4H2,1-2H3. The Morgan fingerprint density at radius 1 is 1.29 bits per heavy atom. The lowest BCUT2D eigenvalue weighted by atomic mass is 10.4. The number of carbonyl (C=O) groups is 2. The maximum Gasteiger partial charge on any atom is 0.367 e. The third-order valence-corrected chi connectivity index (χ3v) is 1.04. The topological polar surface area (TPSA) is 98.0 Å². The van der Waals surface area contributed by atoms with Crippen LogP contribution < -0.4 is 0 Å². The summed E-state index contributed by atoms with van der Waals surface area (Å²) in [5, 5.41) is 11.2. The summed E-state index contributed by atoms with van der Waals surface area (Å²) >= 11 is 0. The van der Waals surface area contributed by atoms with Gasteiger partial charge in [0.15, 0.2) is 0 Å². The van der Waals surface area contributed by atoms with Crippen molar-refractivity contribution in [2.45, 2.75) is 0 Å². The average Bonchev–Trinajstić information content (AvgIpc) is 2.22. The normalized spacial score (nSPS) is 8.07. The minimum atomic E-state index is -0.991. The molecule has 0 unspecified atom stereocenters. The Bertz CT molecular complexity index is 273. The van der Waals surface area contributed by atoms with E-state index in [0.717, 1.165) is 14.2 Å². The largest absolute Gasteiger partial charge is 0.464 e. The highest BCUT2D eigenvalue weighted by atomic mass is 16.6. The molecule has 14 heavy (non-hydrogen) atoms. The lowest BCUT2D eigenvalue weighted by Gasteiger charge is -2.00. The first-order chi connectivity index (χ1) is 6.67. The highest BCUT2D eigenvalue weighted by Gasteiger charge is 2.23. The first kappa shape index (κ1) is 11.9. The molecular formula is C7H8N2O5. The number of esters is 2. The molecule has 0 spiro atoms. The third kappa shape index (κ3) is 3.53. The highest BCUT2D eigenvalue weighted by Crippen LogP contribution is 1.89. The molecule has 0 aliphatic carbocycles. The molecule has 0 saturated heterocycles. The summed E-state index contributed by atoms with van der Waals surface area (Å²) in [5.74, 6) is -1.98. The molecule has 0 atom stereocenters. The number of ether oxygens (including phenoxy) is 2. The van der Waals surface area contributed by atoms with Crippen LogP contribution in [0, 0.1) is 11.3 Å². The summed E-state index contributed by atoms with van der Waals surface area (Å²) in [7, 11) is 2.15. The Balaban J connectivity index is 4.56. The van der Waals surface area contributed by atoms with Gasteiger partial charge in [-0.1, -0.05) is 5.16 Å². The molecule has 7 heteroatoms. The number of nitriles is 1. The second-order valence-corrected chi connectivity index (χ2v) is 1.85. The lowest BCUT2D eigenvalue weighted by Crippen LogP contribution is -2.27. The Hall–Kier alpha value is -2.10.